The number of imidazole rings is 1. The molecule has 1 unspecified atom stereocenters. The van der Waals surface area contributed by atoms with Crippen molar-refractivity contribution in [2.45, 2.75) is 37.9 Å². The second-order valence-corrected chi connectivity index (χ2v) is 5.44. The van der Waals surface area contributed by atoms with Crippen LogP contribution in [0.5, 0.6) is 5.88 Å². The Hall–Kier alpha value is -2.01. The van der Waals surface area contributed by atoms with E-state index in [0.29, 0.717) is 17.6 Å². The standard InChI is InChI=1S/C13H19N5O5/c1-6(3-19)22-12-10-11(16-13(14)17-12)18(5-15-10)9-2-7(21)8(4-20)23-9/h5-9,19-21H,2-4H2,1H3,(H2,14,16,17)/t6?,7-,8+,9+/m0/s1. The number of hydrogen-bond donors (Lipinski definition) is 4. The van der Waals surface area contributed by atoms with Crippen LogP contribution in [-0.4, -0.2) is 66.4 Å². The zero-order chi connectivity index (χ0) is 16.6. The fourth-order valence-electron chi connectivity index (χ4n) is 2.48. The molecule has 0 aromatic carbocycles. The Bertz CT molecular complexity index is 693. The maximum Gasteiger partial charge on any atom is 0.247 e. The van der Waals surface area contributed by atoms with Crippen LogP contribution in [0.2, 0.25) is 0 Å². The van der Waals surface area contributed by atoms with E-state index in [9.17, 15) is 10.2 Å². The van der Waals surface area contributed by atoms with E-state index in [4.69, 9.17) is 20.3 Å². The molecule has 3 heterocycles. The number of nitrogens with two attached hydrogens (primary N) is 1. The predicted octanol–water partition coefficient (Wildman–Crippen LogP) is -1.19. The zero-order valence-corrected chi connectivity index (χ0v) is 12.5. The molecule has 1 saturated heterocycles. The van der Waals surface area contributed by atoms with Gasteiger partial charge in [0.2, 0.25) is 11.8 Å². The van der Waals surface area contributed by atoms with Gasteiger partial charge in [-0.3, -0.25) is 4.57 Å². The van der Waals surface area contributed by atoms with E-state index in [1.165, 1.54) is 6.33 Å². The van der Waals surface area contributed by atoms with Crippen LogP contribution in [0.3, 0.4) is 0 Å². The maximum atomic E-state index is 9.86. The number of aromatic nitrogens is 4. The summed E-state index contributed by atoms with van der Waals surface area (Å²) >= 11 is 0. The number of aliphatic hydroxyl groups excluding tert-OH is 3. The maximum absolute atomic E-state index is 9.86. The Morgan fingerprint density at radius 3 is 2.91 bits per heavy atom. The smallest absolute Gasteiger partial charge is 0.247 e. The summed E-state index contributed by atoms with van der Waals surface area (Å²) in [6, 6.07) is 0. The molecule has 23 heavy (non-hydrogen) atoms. The molecular weight excluding hydrogens is 306 g/mol. The Labute approximate surface area is 131 Å². The monoisotopic (exact) mass is 325 g/mol. The molecule has 0 radical (unpaired) electrons. The van der Waals surface area contributed by atoms with Gasteiger partial charge in [0.15, 0.2) is 11.2 Å². The van der Waals surface area contributed by atoms with Gasteiger partial charge in [-0.05, 0) is 6.92 Å². The molecule has 2 aromatic heterocycles. The van der Waals surface area contributed by atoms with Gasteiger partial charge in [-0.25, -0.2) is 4.98 Å². The van der Waals surface area contributed by atoms with Crippen molar-refractivity contribution in [3.05, 3.63) is 6.33 Å². The van der Waals surface area contributed by atoms with Gasteiger partial charge in [0, 0.05) is 6.42 Å². The number of aliphatic hydroxyl groups is 3. The highest BCUT2D eigenvalue weighted by molar-refractivity contribution is 5.77. The molecule has 1 aliphatic heterocycles. The SMILES string of the molecule is CC(CO)Oc1nc(N)nc2c1ncn2[C@H]1C[C@H](O)[C@@H](CO)O1. The predicted molar refractivity (Wildman–Crippen MR) is 78.5 cm³/mol. The van der Waals surface area contributed by atoms with Crippen molar-refractivity contribution >= 4 is 17.1 Å². The molecule has 1 fully saturated rings. The molecule has 0 amide bonds. The van der Waals surface area contributed by atoms with E-state index in [0.717, 1.165) is 0 Å². The molecular formula is C13H19N5O5. The third kappa shape index (κ3) is 2.93. The number of hydrogen-bond acceptors (Lipinski definition) is 9. The summed E-state index contributed by atoms with van der Waals surface area (Å²) in [7, 11) is 0. The lowest BCUT2D eigenvalue weighted by Gasteiger charge is -2.14. The molecule has 5 N–H and O–H groups in total. The number of ether oxygens (including phenoxy) is 2. The summed E-state index contributed by atoms with van der Waals surface area (Å²) < 4.78 is 12.7. The summed E-state index contributed by atoms with van der Waals surface area (Å²) in [6.07, 6.45) is -0.630. The van der Waals surface area contributed by atoms with E-state index in [2.05, 4.69) is 15.0 Å². The number of rotatable bonds is 5. The van der Waals surface area contributed by atoms with Crippen LogP contribution in [0.4, 0.5) is 5.95 Å². The molecule has 126 valence electrons. The van der Waals surface area contributed by atoms with E-state index in [1.807, 2.05) is 0 Å². The quantitative estimate of drug-likeness (QED) is 0.532. The van der Waals surface area contributed by atoms with Gasteiger partial charge in [-0.2, -0.15) is 9.97 Å². The summed E-state index contributed by atoms with van der Waals surface area (Å²) in [6.45, 7) is 1.23. The highest BCUT2D eigenvalue weighted by Crippen LogP contribution is 2.32. The fourth-order valence-corrected chi connectivity index (χ4v) is 2.48. The highest BCUT2D eigenvalue weighted by atomic mass is 16.5. The molecule has 10 heteroatoms. The first kappa shape index (κ1) is 15.9. The van der Waals surface area contributed by atoms with Gasteiger partial charge in [0.1, 0.15) is 18.4 Å². The Morgan fingerprint density at radius 2 is 2.26 bits per heavy atom. The highest BCUT2D eigenvalue weighted by Gasteiger charge is 2.35. The number of anilines is 1. The van der Waals surface area contributed by atoms with Gasteiger partial charge in [-0.1, -0.05) is 0 Å². The minimum absolute atomic E-state index is 0.00311. The molecule has 10 nitrogen and oxygen atoms in total. The van der Waals surface area contributed by atoms with Gasteiger partial charge in [0.25, 0.3) is 0 Å². The molecule has 0 saturated carbocycles. The minimum Gasteiger partial charge on any atom is -0.470 e. The molecule has 1 aliphatic rings. The summed E-state index contributed by atoms with van der Waals surface area (Å²) in [5.41, 5.74) is 6.49. The number of nitrogen functional groups attached to an aromatic ring is 1. The second-order valence-electron chi connectivity index (χ2n) is 5.44. The average molecular weight is 325 g/mol. The molecule has 4 atom stereocenters. The topological polar surface area (TPSA) is 149 Å². The lowest BCUT2D eigenvalue weighted by Crippen LogP contribution is -2.24. The van der Waals surface area contributed by atoms with Crippen molar-refractivity contribution in [1.82, 2.24) is 19.5 Å². The van der Waals surface area contributed by atoms with Gasteiger partial charge >= 0.3 is 0 Å². The summed E-state index contributed by atoms with van der Waals surface area (Å²) in [5, 5.41) is 28.1. The first-order valence-electron chi connectivity index (χ1n) is 7.25. The third-order valence-electron chi connectivity index (χ3n) is 3.67. The largest absolute Gasteiger partial charge is 0.470 e. The van der Waals surface area contributed by atoms with Crippen molar-refractivity contribution in [2.24, 2.45) is 0 Å². The molecule has 3 rings (SSSR count). The zero-order valence-electron chi connectivity index (χ0n) is 12.5. The van der Waals surface area contributed by atoms with Crippen molar-refractivity contribution in [3.8, 4) is 5.88 Å². The van der Waals surface area contributed by atoms with Crippen LogP contribution >= 0.6 is 0 Å². The molecule has 0 spiro atoms. The Morgan fingerprint density at radius 1 is 1.48 bits per heavy atom. The normalized spacial score (nSPS) is 25.8. The first-order chi connectivity index (χ1) is 11.0. The first-order valence-corrected chi connectivity index (χ1v) is 7.25. The van der Waals surface area contributed by atoms with Crippen molar-refractivity contribution in [3.63, 3.8) is 0 Å². The van der Waals surface area contributed by atoms with E-state index < -0.39 is 24.5 Å². The molecule has 0 aliphatic carbocycles. The van der Waals surface area contributed by atoms with Crippen molar-refractivity contribution < 1.29 is 24.8 Å². The van der Waals surface area contributed by atoms with Gasteiger partial charge in [-0.15, -0.1) is 0 Å². The second kappa shape index (κ2) is 6.24. The van der Waals surface area contributed by atoms with Gasteiger partial charge < -0.3 is 30.5 Å². The molecule has 0 bridgehead atoms. The van der Waals surface area contributed by atoms with Crippen molar-refractivity contribution in [2.75, 3.05) is 18.9 Å². The Balaban J connectivity index is 1.97. The minimum atomic E-state index is -0.772. The Kier molecular flexibility index (Phi) is 4.31. The third-order valence-corrected chi connectivity index (χ3v) is 3.67. The summed E-state index contributed by atoms with van der Waals surface area (Å²) in [4.78, 5) is 12.4. The van der Waals surface area contributed by atoms with Crippen molar-refractivity contribution in [1.29, 1.82) is 0 Å². The van der Waals surface area contributed by atoms with Crippen LogP contribution in [0.15, 0.2) is 6.33 Å². The van der Waals surface area contributed by atoms with E-state index in [-0.39, 0.29) is 25.0 Å². The van der Waals surface area contributed by atoms with E-state index in [1.54, 1.807) is 11.5 Å². The van der Waals surface area contributed by atoms with Crippen LogP contribution in [-0.2, 0) is 4.74 Å². The number of fused-ring (bicyclic) bond motifs is 1. The van der Waals surface area contributed by atoms with Crippen LogP contribution in [0, 0.1) is 0 Å². The molecule has 2 aromatic rings. The van der Waals surface area contributed by atoms with Crippen LogP contribution < -0.4 is 10.5 Å². The van der Waals surface area contributed by atoms with E-state index >= 15 is 0 Å². The lowest BCUT2D eigenvalue weighted by molar-refractivity contribution is -0.0432. The fraction of sp³-hybridized carbons (Fsp3) is 0.615. The lowest BCUT2D eigenvalue weighted by atomic mass is 10.2. The van der Waals surface area contributed by atoms with Gasteiger partial charge in [0.05, 0.1) is 25.6 Å². The average Bonchev–Trinajstić information content (AvgIpc) is 3.10. The number of nitrogens with zero attached hydrogens (tertiary/aromatic N) is 4. The summed E-state index contributed by atoms with van der Waals surface area (Å²) in [5.74, 6) is 0.168. The van der Waals surface area contributed by atoms with Crippen LogP contribution in [0.25, 0.3) is 11.2 Å². The van der Waals surface area contributed by atoms with Crippen LogP contribution in [0.1, 0.15) is 19.6 Å².